The lowest BCUT2D eigenvalue weighted by molar-refractivity contribution is 0.637. The van der Waals surface area contributed by atoms with E-state index in [1.165, 1.54) is 23.9 Å². The summed E-state index contributed by atoms with van der Waals surface area (Å²) in [4.78, 5) is 23.4. The summed E-state index contributed by atoms with van der Waals surface area (Å²) < 4.78 is 15.9. The number of nitrogens with zero attached hydrogens (tertiary/aromatic N) is 3. The van der Waals surface area contributed by atoms with E-state index >= 15 is 0 Å². The molecule has 2 heterocycles. The van der Waals surface area contributed by atoms with Gasteiger partial charge in [-0.15, -0.1) is 0 Å². The van der Waals surface area contributed by atoms with Crippen LogP contribution in [0.1, 0.15) is 31.8 Å². The van der Waals surface area contributed by atoms with Crippen molar-refractivity contribution in [1.29, 1.82) is 0 Å². The van der Waals surface area contributed by atoms with Crippen LogP contribution in [-0.4, -0.2) is 19.5 Å². The number of hydrogen-bond acceptors (Lipinski definition) is 4. The first kappa shape index (κ1) is 16.7. The van der Waals surface area contributed by atoms with Crippen LogP contribution in [0.2, 0.25) is 0 Å². The number of halogens is 1. The van der Waals surface area contributed by atoms with Gasteiger partial charge >= 0.3 is 0 Å². The van der Waals surface area contributed by atoms with E-state index in [0.717, 1.165) is 29.9 Å². The van der Waals surface area contributed by atoms with Crippen LogP contribution in [0.5, 0.6) is 0 Å². The highest BCUT2D eigenvalue weighted by Crippen LogP contribution is 2.24. The fourth-order valence-corrected chi connectivity index (χ4v) is 3.53. The maximum Gasteiger partial charge on any atom is 0.251 e. The summed E-state index contributed by atoms with van der Waals surface area (Å²) in [6.07, 6.45) is 1.71. The molecule has 0 bridgehead atoms. The maximum absolute atomic E-state index is 13.9. The Morgan fingerprint density at radius 3 is 2.88 bits per heavy atom. The molecule has 2 aromatic heterocycles. The van der Waals surface area contributed by atoms with Crippen LogP contribution in [0.15, 0.2) is 34.2 Å². The molecule has 0 amide bonds. The Bertz CT molecular complexity index is 919. The van der Waals surface area contributed by atoms with Gasteiger partial charge in [0.15, 0.2) is 11.0 Å². The number of aromatic nitrogens is 4. The van der Waals surface area contributed by atoms with Gasteiger partial charge in [-0.1, -0.05) is 31.2 Å². The summed E-state index contributed by atoms with van der Waals surface area (Å²) in [5.41, 5.74) is 1.82. The fourth-order valence-electron chi connectivity index (χ4n) is 2.69. The standard InChI is InChI=1S/C17H19FN4OS/c1-3-6-11-9-15(23)21-17(19-11)24-10-14-20-16-12(18)7-5-8-13(16)22(14)4-2/h5,7-9H,3-4,6,10H2,1-2H3,(H,19,21,23). The molecule has 0 unspecified atom stereocenters. The molecule has 0 aliphatic heterocycles. The number of thioether (sulfide) groups is 1. The van der Waals surface area contributed by atoms with Crippen molar-refractivity contribution in [3.05, 3.63) is 52.0 Å². The molecule has 3 rings (SSSR count). The van der Waals surface area contributed by atoms with Crippen molar-refractivity contribution in [2.24, 2.45) is 0 Å². The number of aromatic amines is 1. The molecule has 0 saturated heterocycles. The average Bonchev–Trinajstić information content (AvgIpc) is 2.92. The highest BCUT2D eigenvalue weighted by molar-refractivity contribution is 7.98. The van der Waals surface area contributed by atoms with E-state index in [4.69, 9.17) is 0 Å². The lowest BCUT2D eigenvalue weighted by Crippen LogP contribution is -2.10. The second kappa shape index (κ2) is 7.17. The van der Waals surface area contributed by atoms with Gasteiger partial charge in [0.1, 0.15) is 11.3 Å². The number of aryl methyl sites for hydroxylation is 2. The largest absolute Gasteiger partial charge is 0.327 e. The number of benzene rings is 1. The predicted molar refractivity (Wildman–Crippen MR) is 93.8 cm³/mol. The molecule has 7 heteroatoms. The van der Waals surface area contributed by atoms with Gasteiger partial charge in [0.2, 0.25) is 0 Å². The summed E-state index contributed by atoms with van der Waals surface area (Å²) in [5, 5.41) is 0.570. The lowest BCUT2D eigenvalue weighted by atomic mass is 10.2. The summed E-state index contributed by atoms with van der Waals surface area (Å²) in [7, 11) is 0. The fraction of sp³-hybridized carbons (Fsp3) is 0.353. The van der Waals surface area contributed by atoms with E-state index in [1.807, 2.05) is 24.5 Å². The van der Waals surface area contributed by atoms with Crippen LogP contribution in [0.25, 0.3) is 11.0 Å². The van der Waals surface area contributed by atoms with E-state index < -0.39 is 0 Å². The number of H-pyrrole nitrogens is 1. The molecule has 1 aromatic carbocycles. The molecule has 0 spiro atoms. The molecule has 0 atom stereocenters. The van der Waals surface area contributed by atoms with Gasteiger partial charge in [0.25, 0.3) is 5.56 Å². The van der Waals surface area contributed by atoms with Crippen molar-refractivity contribution in [3.8, 4) is 0 Å². The summed E-state index contributed by atoms with van der Waals surface area (Å²) in [5.74, 6) is 0.967. The zero-order valence-electron chi connectivity index (χ0n) is 13.7. The quantitative estimate of drug-likeness (QED) is 0.548. The third-order valence-electron chi connectivity index (χ3n) is 3.74. The van der Waals surface area contributed by atoms with Gasteiger partial charge in [0.05, 0.1) is 11.3 Å². The van der Waals surface area contributed by atoms with Crippen molar-refractivity contribution in [2.75, 3.05) is 0 Å². The van der Waals surface area contributed by atoms with Crippen LogP contribution in [-0.2, 0) is 18.7 Å². The monoisotopic (exact) mass is 346 g/mol. The SMILES string of the molecule is CCCc1cc(=O)[nH]c(SCc2nc3c(F)cccc3n2CC)n1. The van der Waals surface area contributed by atoms with Gasteiger partial charge in [-0.2, -0.15) is 0 Å². The topological polar surface area (TPSA) is 63.6 Å². The van der Waals surface area contributed by atoms with E-state index in [-0.39, 0.29) is 11.4 Å². The Kier molecular flexibility index (Phi) is 4.99. The van der Waals surface area contributed by atoms with Crippen molar-refractivity contribution in [3.63, 3.8) is 0 Å². The number of nitrogens with one attached hydrogen (secondary N) is 1. The molecule has 1 N–H and O–H groups in total. The molecular weight excluding hydrogens is 327 g/mol. The van der Waals surface area contributed by atoms with Crippen LogP contribution in [0.3, 0.4) is 0 Å². The first-order chi connectivity index (χ1) is 11.6. The lowest BCUT2D eigenvalue weighted by Gasteiger charge is -2.06. The molecule has 0 aliphatic carbocycles. The Balaban J connectivity index is 1.88. The summed E-state index contributed by atoms with van der Waals surface area (Å²) >= 11 is 1.41. The minimum atomic E-state index is -0.317. The van der Waals surface area contributed by atoms with Crippen molar-refractivity contribution in [2.45, 2.75) is 44.1 Å². The molecular formula is C17H19FN4OS. The van der Waals surface area contributed by atoms with Crippen LogP contribution in [0.4, 0.5) is 4.39 Å². The van der Waals surface area contributed by atoms with Crippen molar-refractivity contribution in [1.82, 2.24) is 19.5 Å². The smallest absolute Gasteiger partial charge is 0.251 e. The third kappa shape index (κ3) is 3.36. The van der Waals surface area contributed by atoms with E-state index in [2.05, 4.69) is 15.0 Å². The van der Waals surface area contributed by atoms with Crippen LogP contribution >= 0.6 is 11.8 Å². The summed E-state index contributed by atoms with van der Waals surface area (Å²) in [6, 6.07) is 6.50. The van der Waals surface area contributed by atoms with Gasteiger partial charge < -0.3 is 9.55 Å². The summed E-state index contributed by atoms with van der Waals surface area (Å²) in [6.45, 7) is 4.76. The number of rotatable bonds is 6. The van der Waals surface area contributed by atoms with E-state index in [0.29, 0.717) is 23.0 Å². The first-order valence-electron chi connectivity index (χ1n) is 7.99. The Labute approximate surface area is 143 Å². The predicted octanol–water partition coefficient (Wildman–Crippen LogP) is 3.52. The second-order valence-electron chi connectivity index (χ2n) is 5.46. The van der Waals surface area contributed by atoms with Gasteiger partial charge in [0, 0.05) is 18.3 Å². The van der Waals surface area contributed by atoms with Crippen LogP contribution < -0.4 is 5.56 Å². The van der Waals surface area contributed by atoms with Gasteiger partial charge in [-0.25, -0.2) is 14.4 Å². The second-order valence-corrected chi connectivity index (χ2v) is 6.42. The third-order valence-corrected chi connectivity index (χ3v) is 4.61. The highest BCUT2D eigenvalue weighted by atomic mass is 32.2. The zero-order valence-corrected chi connectivity index (χ0v) is 14.5. The number of fused-ring (bicyclic) bond motifs is 1. The van der Waals surface area contributed by atoms with Crippen LogP contribution in [0, 0.1) is 5.82 Å². The van der Waals surface area contributed by atoms with Gasteiger partial charge in [-0.05, 0) is 25.5 Å². The van der Waals surface area contributed by atoms with Crippen molar-refractivity contribution < 1.29 is 4.39 Å². The number of para-hydroxylation sites is 1. The Hall–Kier alpha value is -2.15. The Morgan fingerprint density at radius 2 is 2.12 bits per heavy atom. The number of imidazole rings is 1. The Morgan fingerprint density at radius 1 is 1.29 bits per heavy atom. The molecule has 0 aliphatic rings. The van der Waals surface area contributed by atoms with Crippen molar-refractivity contribution >= 4 is 22.8 Å². The first-order valence-corrected chi connectivity index (χ1v) is 8.97. The molecule has 0 fully saturated rings. The highest BCUT2D eigenvalue weighted by Gasteiger charge is 2.13. The van der Waals surface area contributed by atoms with Gasteiger partial charge in [-0.3, -0.25) is 4.79 Å². The molecule has 24 heavy (non-hydrogen) atoms. The minimum Gasteiger partial charge on any atom is -0.327 e. The zero-order chi connectivity index (χ0) is 17.1. The molecule has 5 nitrogen and oxygen atoms in total. The van der Waals surface area contributed by atoms with E-state index in [9.17, 15) is 9.18 Å². The molecule has 126 valence electrons. The molecule has 3 aromatic rings. The minimum absolute atomic E-state index is 0.147. The normalized spacial score (nSPS) is 11.3. The number of hydrogen-bond donors (Lipinski definition) is 1. The average molecular weight is 346 g/mol. The molecule has 0 saturated carbocycles. The van der Waals surface area contributed by atoms with E-state index in [1.54, 1.807) is 6.07 Å². The molecule has 0 radical (unpaired) electrons. The maximum atomic E-state index is 13.9.